The Morgan fingerprint density at radius 1 is 1.21 bits per heavy atom. The van der Waals surface area contributed by atoms with Crippen molar-refractivity contribution in [1.29, 1.82) is 0 Å². The number of hydrogen-bond acceptors (Lipinski definition) is 4. The van der Waals surface area contributed by atoms with Gasteiger partial charge in [0, 0.05) is 17.3 Å². The number of amides is 1. The molecule has 1 aromatic carbocycles. The van der Waals surface area contributed by atoms with Gasteiger partial charge in [0.05, 0.1) is 12.2 Å². The molecule has 1 aliphatic carbocycles. The van der Waals surface area contributed by atoms with E-state index in [1.165, 1.54) is 18.4 Å². The summed E-state index contributed by atoms with van der Waals surface area (Å²) in [5.74, 6) is 1.85. The SMILES string of the molecule is CC(C)c1ccccc1OCc1nc(CN(C(=O)C2CCCC2)C(C)C)cs1. The lowest BCUT2D eigenvalue weighted by Crippen LogP contribution is -2.39. The van der Waals surface area contributed by atoms with Gasteiger partial charge in [0.2, 0.25) is 5.91 Å². The fraction of sp³-hybridized carbons (Fsp3) is 0.565. The second-order valence-corrected chi connectivity index (χ2v) is 9.20. The molecule has 0 N–H and O–H groups in total. The molecule has 2 aromatic rings. The Kier molecular flexibility index (Phi) is 7.11. The fourth-order valence-electron chi connectivity index (χ4n) is 3.81. The predicted molar refractivity (Wildman–Crippen MR) is 115 cm³/mol. The number of carbonyl (C=O) groups excluding carboxylic acids is 1. The van der Waals surface area contributed by atoms with Crippen LogP contribution in [0.25, 0.3) is 0 Å². The minimum atomic E-state index is 0.187. The molecule has 1 aliphatic rings. The summed E-state index contributed by atoms with van der Waals surface area (Å²) in [4.78, 5) is 19.6. The number of hydrogen-bond donors (Lipinski definition) is 0. The highest BCUT2D eigenvalue weighted by Gasteiger charge is 2.29. The smallest absolute Gasteiger partial charge is 0.226 e. The van der Waals surface area contributed by atoms with Gasteiger partial charge in [0.15, 0.2) is 0 Å². The van der Waals surface area contributed by atoms with E-state index in [9.17, 15) is 4.79 Å². The number of rotatable bonds is 8. The molecule has 1 saturated carbocycles. The van der Waals surface area contributed by atoms with E-state index in [1.807, 2.05) is 23.1 Å². The zero-order valence-electron chi connectivity index (χ0n) is 17.5. The number of thiazole rings is 1. The lowest BCUT2D eigenvalue weighted by atomic mass is 10.0. The summed E-state index contributed by atoms with van der Waals surface area (Å²) in [5.41, 5.74) is 2.17. The monoisotopic (exact) mass is 400 g/mol. The minimum absolute atomic E-state index is 0.187. The van der Waals surface area contributed by atoms with Gasteiger partial charge in [0.1, 0.15) is 17.4 Å². The van der Waals surface area contributed by atoms with Crippen molar-refractivity contribution in [3.8, 4) is 5.75 Å². The normalized spacial score (nSPS) is 14.8. The summed E-state index contributed by atoms with van der Waals surface area (Å²) in [7, 11) is 0. The Balaban J connectivity index is 1.62. The summed E-state index contributed by atoms with van der Waals surface area (Å²) >= 11 is 1.61. The highest BCUT2D eigenvalue weighted by Crippen LogP contribution is 2.29. The van der Waals surface area contributed by atoms with E-state index in [1.54, 1.807) is 11.3 Å². The van der Waals surface area contributed by atoms with Crippen LogP contribution >= 0.6 is 11.3 Å². The highest BCUT2D eigenvalue weighted by molar-refractivity contribution is 7.09. The van der Waals surface area contributed by atoms with Crippen molar-refractivity contribution in [2.45, 2.75) is 78.5 Å². The van der Waals surface area contributed by atoms with Crippen molar-refractivity contribution in [3.63, 3.8) is 0 Å². The number of para-hydroxylation sites is 1. The van der Waals surface area contributed by atoms with Crippen LogP contribution in [0.3, 0.4) is 0 Å². The molecule has 1 amide bonds. The van der Waals surface area contributed by atoms with E-state index in [0.29, 0.717) is 25.0 Å². The summed E-state index contributed by atoms with van der Waals surface area (Å²) in [6.45, 7) is 9.58. The Morgan fingerprint density at radius 2 is 1.93 bits per heavy atom. The van der Waals surface area contributed by atoms with Crippen molar-refractivity contribution in [2.75, 3.05) is 0 Å². The van der Waals surface area contributed by atoms with Crippen LogP contribution in [-0.4, -0.2) is 21.8 Å². The van der Waals surface area contributed by atoms with Crippen LogP contribution in [-0.2, 0) is 17.9 Å². The second-order valence-electron chi connectivity index (χ2n) is 8.26. The van der Waals surface area contributed by atoms with Crippen LogP contribution in [0, 0.1) is 5.92 Å². The third-order valence-electron chi connectivity index (χ3n) is 5.43. The van der Waals surface area contributed by atoms with Crippen molar-refractivity contribution >= 4 is 17.2 Å². The number of aromatic nitrogens is 1. The first-order valence-corrected chi connectivity index (χ1v) is 11.3. The van der Waals surface area contributed by atoms with E-state index in [0.717, 1.165) is 29.3 Å². The molecule has 0 bridgehead atoms. The minimum Gasteiger partial charge on any atom is -0.486 e. The number of ether oxygens (including phenoxy) is 1. The Labute approximate surface area is 172 Å². The highest BCUT2D eigenvalue weighted by atomic mass is 32.1. The fourth-order valence-corrected chi connectivity index (χ4v) is 4.51. The quantitative estimate of drug-likeness (QED) is 0.565. The summed E-state index contributed by atoms with van der Waals surface area (Å²) in [5, 5.41) is 3.01. The zero-order chi connectivity index (χ0) is 20.1. The number of benzene rings is 1. The lowest BCUT2D eigenvalue weighted by Gasteiger charge is -2.28. The van der Waals surface area contributed by atoms with Crippen molar-refractivity contribution in [2.24, 2.45) is 5.92 Å². The standard InChI is InChI=1S/C23H32N2O2S/c1-16(2)20-11-7-8-12-21(20)27-14-22-24-19(15-28-22)13-25(17(3)4)23(26)18-9-5-6-10-18/h7-8,11-12,15-18H,5-6,9-10,13-14H2,1-4H3. The van der Waals surface area contributed by atoms with Crippen molar-refractivity contribution in [3.05, 3.63) is 45.9 Å². The molecule has 0 atom stereocenters. The van der Waals surface area contributed by atoms with Crippen molar-refractivity contribution < 1.29 is 9.53 Å². The molecule has 1 fully saturated rings. The van der Waals surface area contributed by atoms with Crippen molar-refractivity contribution in [1.82, 2.24) is 9.88 Å². The van der Waals surface area contributed by atoms with Crippen LogP contribution in [0.2, 0.25) is 0 Å². The molecule has 0 saturated heterocycles. The maximum atomic E-state index is 12.9. The maximum absolute atomic E-state index is 12.9. The van der Waals surface area contributed by atoms with Gasteiger partial charge in [0.25, 0.3) is 0 Å². The molecule has 1 aromatic heterocycles. The third kappa shape index (κ3) is 5.13. The molecular formula is C23H32N2O2S. The van der Waals surface area contributed by atoms with E-state index in [-0.39, 0.29) is 12.0 Å². The molecule has 0 spiro atoms. The van der Waals surface area contributed by atoms with Gasteiger partial charge in [-0.2, -0.15) is 0 Å². The number of carbonyl (C=O) groups is 1. The largest absolute Gasteiger partial charge is 0.486 e. The third-order valence-corrected chi connectivity index (χ3v) is 6.31. The van der Waals surface area contributed by atoms with Gasteiger partial charge < -0.3 is 9.64 Å². The first-order valence-electron chi connectivity index (χ1n) is 10.4. The van der Waals surface area contributed by atoms with E-state index < -0.39 is 0 Å². The van der Waals surface area contributed by atoms with Gasteiger partial charge in [-0.3, -0.25) is 4.79 Å². The average molecular weight is 401 g/mol. The Morgan fingerprint density at radius 3 is 2.61 bits per heavy atom. The number of nitrogens with zero attached hydrogens (tertiary/aromatic N) is 2. The Hall–Kier alpha value is -1.88. The predicted octanol–water partition coefficient (Wildman–Crippen LogP) is 5.77. The van der Waals surface area contributed by atoms with E-state index >= 15 is 0 Å². The van der Waals surface area contributed by atoms with Gasteiger partial charge in [-0.25, -0.2) is 4.98 Å². The molecule has 0 aliphatic heterocycles. The maximum Gasteiger partial charge on any atom is 0.226 e. The van der Waals surface area contributed by atoms with Gasteiger partial charge >= 0.3 is 0 Å². The van der Waals surface area contributed by atoms with E-state index in [2.05, 4.69) is 39.1 Å². The van der Waals surface area contributed by atoms with Gasteiger partial charge in [-0.05, 0) is 44.2 Å². The lowest BCUT2D eigenvalue weighted by molar-refractivity contribution is -0.137. The molecular weight excluding hydrogens is 368 g/mol. The summed E-state index contributed by atoms with van der Waals surface area (Å²) < 4.78 is 6.05. The summed E-state index contributed by atoms with van der Waals surface area (Å²) in [6, 6.07) is 8.37. The van der Waals surface area contributed by atoms with E-state index in [4.69, 9.17) is 9.72 Å². The molecule has 152 valence electrons. The van der Waals surface area contributed by atoms with Crippen LogP contribution in [0.15, 0.2) is 29.6 Å². The van der Waals surface area contributed by atoms with Gasteiger partial charge in [-0.1, -0.05) is 44.9 Å². The molecule has 28 heavy (non-hydrogen) atoms. The van der Waals surface area contributed by atoms with Gasteiger partial charge in [-0.15, -0.1) is 11.3 Å². The molecule has 3 rings (SSSR count). The molecule has 1 heterocycles. The van der Waals surface area contributed by atoms with Crippen LogP contribution in [0.1, 0.15) is 75.6 Å². The van der Waals surface area contributed by atoms with Crippen LogP contribution < -0.4 is 4.74 Å². The molecule has 0 radical (unpaired) electrons. The topological polar surface area (TPSA) is 42.4 Å². The zero-order valence-corrected chi connectivity index (χ0v) is 18.3. The first-order chi connectivity index (χ1) is 13.5. The average Bonchev–Trinajstić information content (AvgIpc) is 3.36. The van der Waals surface area contributed by atoms with Crippen LogP contribution in [0.4, 0.5) is 0 Å². The molecule has 5 heteroatoms. The summed E-state index contributed by atoms with van der Waals surface area (Å²) in [6.07, 6.45) is 4.43. The Bertz CT molecular complexity index is 778. The van der Waals surface area contributed by atoms with Crippen LogP contribution in [0.5, 0.6) is 5.75 Å². The first kappa shape index (κ1) is 20.8. The molecule has 4 nitrogen and oxygen atoms in total. The molecule has 0 unspecified atom stereocenters. The second kappa shape index (κ2) is 9.55.